The molecule has 2 aromatic rings. The second-order valence-electron chi connectivity index (χ2n) is 6.71. The molecule has 0 spiro atoms. The standard InChI is InChI=1S/C18H26N6O2S/c19-17-15(6-3-7-16(17)27(20,25)26)5-1-2-10-23-11-13-24(14-12-23)18-21-8-4-9-22-18/h3-4,6-9H,1-2,5,10-14,19H2,(H2,20,25,26). The Balaban J connectivity index is 1.43. The zero-order valence-electron chi connectivity index (χ0n) is 15.3. The van der Waals surface area contributed by atoms with Crippen molar-refractivity contribution >= 4 is 21.7 Å². The van der Waals surface area contributed by atoms with Crippen LogP contribution in [0.15, 0.2) is 41.6 Å². The summed E-state index contributed by atoms with van der Waals surface area (Å²) >= 11 is 0. The minimum absolute atomic E-state index is 0.0132. The van der Waals surface area contributed by atoms with Gasteiger partial charge in [-0.3, -0.25) is 4.90 Å². The lowest BCUT2D eigenvalue weighted by Crippen LogP contribution is -2.47. The SMILES string of the molecule is Nc1c(CCCCN2CCN(c3ncccn3)CC2)cccc1S(N)(=O)=O. The third kappa shape index (κ3) is 5.15. The molecule has 1 saturated heterocycles. The van der Waals surface area contributed by atoms with Crippen LogP contribution in [0, 0.1) is 0 Å². The fourth-order valence-electron chi connectivity index (χ4n) is 3.33. The number of aromatic nitrogens is 2. The van der Waals surface area contributed by atoms with Crippen molar-refractivity contribution in [2.24, 2.45) is 5.14 Å². The molecular formula is C18H26N6O2S. The maximum atomic E-state index is 11.5. The normalized spacial score (nSPS) is 15.8. The number of hydrogen-bond acceptors (Lipinski definition) is 7. The molecule has 27 heavy (non-hydrogen) atoms. The van der Waals surface area contributed by atoms with Crippen LogP contribution in [-0.2, 0) is 16.4 Å². The van der Waals surface area contributed by atoms with E-state index in [1.165, 1.54) is 6.07 Å². The summed E-state index contributed by atoms with van der Waals surface area (Å²) in [6.45, 7) is 4.83. The summed E-state index contributed by atoms with van der Waals surface area (Å²) in [6.07, 6.45) is 6.25. The number of hydrogen-bond donors (Lipinski definition) is 2. The first-order chi connectivity index (χ1) is 12.9. The molecule has 8 nitrogen and oxygen atoms in total. The van der Waals surface area contributed by atoms with Crippen molar-refractivity contribution in [1.82, 2.24) is 14.9 Å². The van der Waals surface area contributed by atoms with E-state index in [0.29, 0.717) is 0 Å². The van der Waals surface area contributed by atoms with Gasteiger partial charge in [0.2, 0.25) is 16.0 Å². The van der Waals surface area contributed by atoms with Gasteiger partial charge in [0.05, 0.1) is 5.69 Å². The number of piperazine rings is 1. The van der Waals surface area contributed by atoms with Crippen LogP contribution >= 0.6 is 0 Å². The number of rotatable bonds is 7. The molecule has 0 atom stereocenters. The smallest absolute Gasteiger partial charge is 0.240 e. The van der Waals surface area contributed by atoms with Gasteiger partial charge in [0, 0.05) is 38.6 Å². The van der Waals surface area contributed by atoms with E-state index >= 15 is 0 Å². The van der Waals surface area contributed by atoms with E-state index in [2.05, 4.69) is 19.8 Å². The first kappa shape index (κ1) is 19.5. The molecule has 1 aromatic heterocycles. The van der Waals surface area contributed by atoms with Gasteiger partial charge in [-0.2, -0.15) is 0 Å². The summed E-state index contributed by atoms with van der Waals surface area (Å²) in [6, 6.07) is 6.83. The summed E-state index contributed by atoms with van der Waals surface area (Å²) in [7, 11) is -3.78. The Hall–Kier alpha value is -2.23. The Morgan fingerprint density at radius 1 is 1.00 bits per heavy atom. The Morgan fingerprint density at radius 2 is 1.70 bits per heavy atom. The van der Waals surface area contributed by atoms with Crippen molar-refractivity contribution in [1.29, 1.82) is 0 Å². The minimum atomic E-state index is -3.78. The first-order valence-electron chi connectivity index (χ1n) is 9.09. The molecule has 1 aliphatic heterocycles. The summed E-state index contributed by atoms with van der Waals surface area (Å²) in [5.41, 5.74) is 7.09. The molecule has 0 amide bonds. The van der Waals surface area contributed by atoms with Gasteiger partial charge in [0.25, 0.3) is 0 Å². The van der Waals surface area contributed by atoms with Crippen LogP contribution in [0.5, 0.6) is 0 Å². The van der Waals surface area contributed by atoms with Gasteiger partial charge in [-0.1, -0.05) is 12.1 Å². The van der Waals surface area contributed by atoms with Crippen molar-refractivity contribution in [3.8, 4) is 0 Å². The average Bonchev–Trinajstić information content (AvgIpc) is 2.66. The zero-order chi connectivity index (χ0) is 19.3. The predicted octanol–water partition coefficient (Wildman–Crippen LogP) is 0.851. The van der Waals surface area contributed by atoms with Crippen molar-refractivity contribution < 1.29 is 8.42 Å². The van der Waals surface area contributed by atoms with Gasteiger partial charge in [-0.15, -0.1) is 0 Å². The van der Waals surface area contributed by atoms with Crippen LogP contribution in [0.3, 0.4) is 0 Å². The molecule has 4 N–H and O–H groups in total. The Bertz CT molecular complexity index is 851. The lowest BCUT2D eigenvalue weighted by molar-refractivity contribution is 0.252. The van der Waals surface area contributed by atoms with E-state index in [-0.39, 0.29) is 10.6 Å². The summed E-state index contributed by atoms with van der Waals surface area (Å²) in [4.78, 5) is 13.3. The lowest BCUT2D eigenvalue weighted by Gasteiger charge is -2.34. The molecule has 1 aromatic carbocycles. The predicted molar refractivity (Wildman–Crippen MR) is 106 cm³/mol. The van der Waals surface area contributed by atoms with E-state index in [4.69, 9.17) is 10.9 Å². The largest absolute Gasteiger partial charge is 0.397 e. The van der Waals surface area contributed by atoms with Gasteiger partial charge in [-0.25, -0.2) is 23.5 Å². The molecule has 0 radical (unpaired) electrons. The van der Waals surface area contributed by atoms with Gasteiger partial charge in [0.15, 0.2) is 0 Å². The van der Waals surface area contributed by atoms with Gasteiger partial charge < -0.3 is 10.6 Å². The number of nitrogen functional groups attached to an aromatic ring is 1. The van der Waals surface area contributed by atoms with Crippen molar-refractivity contribution in [3.05, 3.63) is 42.2 Å². The molecule has 1 fully saturated rings. The minimum Gasteiger partial charge on any atom is -0.397 e. The maximum Gasteiger partial charge on any atom is 0.240 e. The molecule has 1 aliphatic rings. The fraction of sp³-hybridized carbons (Fsp3) is 0.444. The first-order valence-corrected chi connectivity index (χ1v) is 10.6. The van der Waals surface area contributed by atoms with Crippen molar-refractivity contribution in [2.45, 2.75) is 24.2 Å². The third-order valence-electron chi connectivity index (χ3n) is 4.84. The number of sulfonamides is 1. The number of nitrogens with two attached hydrogens (primary N) is 2. The molecule has 3 rings (SSSR count). The monoisotopic (exact) mass is 390 g/mol. The van der Waals surface area contributed by atoms with E-state index < -0.39 is 10.0 Å². The van der Waals surface area contributed by atoms with Crippen LogP contribution in [0.4, 0.5) is 11.6 Å². The van der Waals surface area contributed by atoms with E-state index in [9.17, 15) is 8.42 Å². The molecular weight excluding hydrogens is 364 g/mol. The molecule has 146 valence electrons. The average molecular weight is 391 g/mol. The highest BCUT2D eigenvalue weighted by molar-refractivity contribution is 7.89. The number of unbranched alkanes of at least 4 members (excludes halogenated alkanes) is 1. The second kappa shape index (κ2) is 8.64. The molecule has 0 saturated carbocycles. The summed E-state index contributed by atoms with van der Waals surface area (Å²) < 4.78 is 23.1. The number of anilines is 2. The lowest BCUT2D eigenvalue weighted by atomic mass is 10.1. The van der Waals surface area contributed by atoms with E-state index in [0.717, 1.165) is 63.5 Å². The number of benzene rings is 1. The molecule has 0 aliphatic carbocycles. The third-order valence-corrected chi connectivity index (χ3v) is 5.81. The Kier molecular flexibility index (Phi) is 6.25. The van der Waals surface area contributed by atoms with E-state index in [1.807, 2.05) is 12.1 Å². The molecule has 2 heterocycles. The molecule has 0 bridgehead atoms. The summed E-state index contributed by atoms with van der Waals surface area (Å²) in [5.74, 6) is 0.794. The fourth-order valence-corrected chi connectivity index (χ4v) is 4.04. The number of aryl methyl sites for hydroxylation is 1. The highest BCUT2D eigenvalue weighted by Gasteiger charge is 2.18. The van der Waals surface area contributed by atoms with Crippen molar-refractivity contribution in [2.75, 3.05) is 43.4 Å². The number of primary sulfonamides is 1. The zero-order valence-corrected chi connectivity index (χ0v) is 16.1. The highest BCUT2D eigenvalue weighted by atomic mass is 32.2. The quantitative estimate of drug-likeness (QED) is 0.531. The van der Waals surface area contributed by atoms with Crippen LogP contribution in [0.25, 0.3) is 0 Å². The van der Waals surface area contributed by atoms with Crippen LogP contribution < -0.4 is 15.8 Å². The number of nitrogens with zero attached hydrogens (tertiary/aromatic N) is 4. The van der Waals surface area contributed by atoms with E-state index in [1.54, 1.807) is 18.5 Å². The topological polar surface area (TPSA) is 118 Å². The highest BCUT2D eigenvalue weighted by Crippen LogP contribution is 2.23. The maximum absolute atomic E-state index is 11.5. The van der Waals surface area contributed by atoms with Crippen molar-refractivity contribution in [3.63, 3.8) is 0 Å². The number of para-hydroxylation sites is 1. The molecule has 0 unspecified atom stereocenters. The summed E-state index contributed by atoms with van der Waals surface area (Å²) in [5, 5.41) is 5.20. The second-order valence-corrected chi connectivity index (χ2v) is 8.24. The Morgan fingerprint density at radius 3 is 2.37 bits per heavy atom. The van der Waals surface area contributed by atoms with Gasteiger partial charge >= 0.3 is 0 Å². The van der Waals surface area contributed by atoms with Crippen LogP contribution in [0.1, 0.15) is 18.4 Å². The Labute approximate surface area is 160 Å². The van der Waals surface area contributed by atoms with Crippen LogP contribution in [-0.4, -0.2) is 56.0 Å². The van der Waals surface area contributed by atoms with Crippen LogP contribution in [0.2, 0.25) is 0 Å². The van der Waals surface area contributed by atoms with Gasteiger partial charge in [0.1, 0.15) is 4.90 Å². The molecule has 9 heteroatoms. The van der Waals surface area contributed by atoms with Gasteiger partial charge in [-0.05, 0) is 43.5 Å².